The minimum Gasteiger partial charge on any atom is -0.364 e. The van der Waals surface area contributed by atoms with E-state index in [0.29, 0.717) is 13.0 Å². The topological polar surface area (TPSA) is 93.5 Å². The normalized spacial score (nSPS) is 24.4. The van der Waals surface area contributed by atoms with Gasteiger partial charge in [0.15, 0.2) is 0 Å². The van der Waals surface area contributed by atoms with Crippen molar-refractivity contribution < 1.29 is 14.3 Å². The maximum atomic E-state index is 11.9. The predicted octanol–water partition coefficient (Wildman–Crippen LogP) is 0.334. The van der Waals surface area contributed by atoms with Crippen molar-refractivity contribution in [2.24, 2.45) is 5.73 Å². The molecular weight excluding hydrogens is 282 g/mol. The van der Waals surface area contributed by atoms with E-state index in [9.17, 15) is 9.59 Å². The van der Waals surface area contributed by atoms with Crippen molar-refractivity contribution in [3.63, 3.8) is 0 Å². The molecule has 1 rings (SSSR count). The van der Waals surface area contributed by atoms with E-state index in [1.54, 1.807) is 6.92 Å². The van der Waals surface area contributed by atoms with Crippen molar-refractivity contribution in [2.75, 3.05) is 6.54 Å². The Morgan fingerprint density at radius 1 is 1.30 bits per heavy atom. The van der Waals surface area contributed by atoms with Gasteiger partial charge in [0.1, 0.15) is 12.1 Å². The van der Waals surface area contributed by atoms with Crippen molar-refractivity contribution in [3.8, 4) is 0 Å². The predicted molar refractivity (Wildman–Crippen MR) is 79.7 cm³/mol. The van der Waals surface area contributed by atoms with Crippen LogP contribution in [0.2, 0.25) is 0 Å². The Morgan fingerprint density at radius 3 is 2.45 bits per heavy atom. The van der Waals surface area contributed by atoms with Gasteiger partial charge in [-0.05, 0) is 33.1 Å². The van der Waals surface area contributed by atoms with Crippen molar-refractivity contribution in [3.05, 3.63) is 0 Å². The number of hydrogen-bond donors (Lipinski definition) is 3. The molecule has 0 aromatic rings. The largest absolute Gasteiger partial charge is 0.364 e. The summed E-state index contributed by atoms with van der Waals surface area (Å²) >= 11 is 0. The van der Waals surface area contributed by atoms with Crippen LogP contribution >= 0.6 is 12.4 Å². The fourth-order valence-electron chi connectivity index (χ4n) is 1.91. The van der Waals surface area contributed by atoms with E-state index in [1.165, 1.54) is 0 Å². The number of carbonyl (C=O) groups excluding carboxylic acids is 2. The van der Waals surface area contributed by atoms with Crippen LogP contribution in [0.1, 0.15) is 40.0 Å². The van der Waals surface area contributed by atoms with Crippen LogP contribution in [-0.2, 0) is 14.3 Å². The molecule has 4 atom stereocenters. The molecule has 0 aromatic carbocycles. The van der Waals surface area contributed by atoms with Gasteiger partial charge in [-0.3, -0.25) is 9.59 Å². The molecule has 0 bridgehead atoms. The molecule has 2 unspecified atom stereocenters. The van der Waals surface area contributed by atoms with E-state index in [-0.39, 0.29) is 36.4 Å². The van der Waals surface area contributed by atoms with E-state index < -0.39 is 12.1 Å². The molecule has 1 fully saturated rings. The van der Waals surface area contributed by atoms with Gasteiger partial charge in [0.2, 0.25) is 11.8 Å². The van der Waals surface area contributed by atoms with Crippen LogP contribution in [0.5, 0.6) is 0 Å². The maximum absolute atomic E-state index is 11.9. The highest BCUT2D eigenvalue weighted by Gasteiger charge is 2.31. The molecule has 1 heterocycles. The molecule has 4 N–H and O–H groups in total. The van der Waals surface area contributed by atoms with E-state index in [2.05, 4.69) is 10.6 Å². The summed E-state index contributed by atoms with van der Waals surface area (Å²) in [5, 5.41) is 5.51. The van der Waals surface area contributed by atoms with Crippen molar-refractivity contribution in [1.82, 2.24) is 10.6 Å². The van der Waals surface area contributed by atoms with Gasteiger partial charge in [0, 0.05) is 12.6 Å². The first-order valence-electron chi connectivity index (χ1n) is 6.94. The fraction of sp³-hybridized carbons (Fsp3) is 0.846. The van der Waals surface area contributed by atoms with Crippen LogP contribution in [0, 0.1) is 0 Å². The zero-order chi connectivity index (χ0) is 14.4. The number of hydrogen-bond acceptors (Lipinski definition) is 4. The molecule has 20 heavy (non-hydrogen) atoms. The monoisotopic (exact) mass is 307 g/mol. The lowest BCUT2D eigenvalue weighted by molar-refractivity contribution is -0.135. The average Bonchev–Trinajstić information content (AvgIpc) is 2.87. The van der Waals surface area contributed by atoms with Crippen LogP contribution < -0.4 is 16.4 Å². The molecule has 0 radical (unpaired) electrons. The van der Waals surface area contributed by atoms with E-state index in [0.717, 1.165) is 12.8 Å². The van der Waals surface area contributed by atoms with Crippen molar-refractivity contribution in [1.29, 1.82) is 0 Å². The number of halogens is 1. The van der Waals surface area contributed by atoms with Gasteiger partial charge in [-0.1, -0.05) is 6.92 Å². The average molecular weight is 308 g/mol. The Morgan fingerprint density at radius 2 is 1.95 bits per heavy atom. The standard InChI is InChI=1S/C13H25N3O3.ClH/c1-4-8(2)15-12(17)9(3)16-13(18)11-6-5-10(7-14)19-11;/h8-11H,4-7,14H2,1-3H3,(H,15,17)(H,16,18);1H/t8?,9?,10-,11+;/m1./s1. The molecule has 0 aromatic heterocycles. The third-order valence-electron chi connectivity index (χ3n) is 3.42. The molecule has 1 aliphatic heterocycles. The molecule has 1 saturated heterocycles. The summed E-state index contributed by atoms with van der Waals surface area (Å²) in [7, 11) is 0. The first-order valence-corrected chi connectivity index (χ1v) is 6.94. The second-order valence-corrected chi connectivity index (χ2v) is 5.11. The highest BCUT2D eigenvalue weighted by molar-refractivity contribution is 5.89. The molecule has 118 valence electrons. The Labute approximate surface area is 126 Å². The molecule has 2 amide bonds. The first-order chi connectivity index (χ1) is 8.97. The lowest BCUT2D eigenvalue weighted by Crippen LogP contribution is -2.49. The van der Waals surface area contributed by atoms with Gasteiger partial charge >= 0.3 is 0 Å². The molecule has 0 spiro atoms. The van der Waals surface area contributed by atoms with Crippen LogP contribution in [0.25, 0.3) is 0 Å². The van der Waals surface area contributed by atoms with Gasteiger partial charge < -0.3 is 21.1 Å². The molecule has 0 saturated carbocycles. The second kappa shape index (κ2) is 9.15. The fourth-order valence-corrected chi connectivity index (χ4v) is 1.91. The van der Waals surface area contributed by atoms with Crippen LogP contribution in [0.4, 0.5) is 0 Å². The highest BCUT2D eigenvalue weighted by Crippen LogP contribution is 2.18. The van der Waals surface area contributed by atoms with E-state index in [4.69, 9.17) is 10.5 Å². The minimum atomic E-state index is -0.554. The molecule has 6 nitrogen and oxygen atoms in total. The lowest BCUT2D eigenvalue weighted by Gasteiger charge is -2.19. The molecule has 7 heteroatoms. The summed E-state index contributed by atoms with van der Waals surface area (Å²) in [5.41, 5.74) is 5.49. The summed E-state index contributed by atoms with van der Waals surface area (Å²) in [4.78, 5) is 23.7. The number of amides is 2. The number of nitrogens with one attached hydrogen (secondary N) is 2. The van der Waals surface area contributed by atoms with Crippen LogP contribution in [-0.4, -0.2) is 42.7 Å². The first kappa shape index (κ1) is 19.1. The van der Waals surface area contributed by atoms with Gasteiger partial charge in [-0.15, -0.1) is 12.4 Å². The number of ether oxygens (including phenoxy) is 1. The number of rotatable bonds is 6. The van der Waals surface area contributed by atoms with E-state index >= 15 is 0 Å². The highest BCUT2D eigenvalue weighted by atomic mass is 35.5. The summed E-state index contributed by atoms with van der Waals surface area (Å²) in [6.45, 7) is 6.02. The Balaban J connectivity index is 0.00000361. The number of carbonyl (C=O) groups is 2. The summed E-state index contributed by atoms with van der Waals surface area (Å²) in [5.74, 6) is -0.404. The SMILES string of the molecule is CCC(C)NC(=O)C(C)NC(=O)[C@@H]1CC[C@H](CN)O1.Cl. The van der Waals surface area contributed by atoms with Gasteiger partial charge in [0.25, 0.3) is 0 Å². The smallest absolute Gasteiger partial charge is 0.249 e. The molecular formula is C13H26ClN3O3. The Bertz CT molecular complexity index is 328. The zero-order valence-electron chi connectivity index (χ0n) is 12.3. The molecule has 1 aliphatic rings. The lowest BCUT2D eigenvalue weighted by atomic mass is 10.1. The van der Waals surface area contributed by atoms with Crippen LogP contribution in [0.15, 0.2) is 0 Å². The minimum absolute atomic E-state index is 0. The van der Waals surface area contributed by atoms with Crippen LogP contribution in [0.3, 0.4) is 0 Å². The molecule has 0 aliphatic carbocycles. The Hall–Kier alpha value is -0.850. The summed E-state index contributed by atoms with van der Waals surface area (Å²) in [6.07, 6.45) is 1.79. The van der Waals surface area contributed by atoms with Gasteiger partial charge in [-0.25, -0.2) is 0 Å². The third-order valence-corrected chi connectivity index (χ3v) is 3.42. The number of nitrogens with two attached hydrogens (primary N) is 1. The quantitative estimate of drug-likeness (QED) is 0.659. The van der Waals surface area contributed by atoms with Crippen molar-refractivity contribution >= 4 is 24.2 Å². The third kappa shape index (κ3) is 5.64. The van der Waals surface area contributed by atoms with Gasteiger partial charge in [-0.2, -0.15) is 0 Å². The van der Waals surface area contributed by atoms with Gasteiger partial charge in [0.05, 0.1) is 6.10 Å². The van der Waals surface area contributed by atoms with E-state index in [1.807, 2.05) is 13.8 Å². The summed E-state index contributed by atoms with van der Waals surface area (Å²) in [6, 6.07) is -0.446. The zero-order valence-corrected chi connectivity index (χ0v) is 13.2. The second-order valence-electron chi connectivity index (χ2n) is 5.11. The van der Waals surface area contributed by atoms with Crippen molar-refractivity contribution in [2.45, 2.75) is 64.3 Å². The maximum Gasteiger partial charge on any atom is 0.249 e. The summed E-state index contributed by atoms with van der Waals surface area (Å²) < 4.78 is 5.49. The Kier molecular flexibility index (Phi) is 8.76.